The Morgan fingerprint density at radius 1 is 1.50 bits per heavy atom. The monoisotopic (exact) mass is 222 g/mol. The molecule has 1 aromatic rings. The van der Waals surface area contributed by atoms with Gasteiger partial charge in [-0.2, -0.15) is 0 Å². The van der Waals surface area contributed by atoms with Crippen molar-refractivity contribution in [1.29, 1.82) is 0 Å². The fourth-order valence-corrected chi connectivity index (χ4v) is 2.21. The van der Waals surface area contributed by atoms with Gasteiger partial charge in [-0.25, -0.2) is 4.98 Å². The van der Waals surface area contributed by atoms with Crippen molar-refractivity contribution in [2.24, 2.45) is 5.41 Å². The summed E-state index contributed by atoms with van der Waals surface area (Å²) in [5.41, 5.74) is 0.457. The van der Waals surface area contributed by atoms with Crippen LogP contribution in [0.15, 0.2) is 12.4 Å². The number of nitrogens with zero attached hydrogens (tertiary/aromatic N) is 2. The number of H-pyrrole nitrogens is 1. The van der Waals surface area contributed by atoms with Crippen LogP contribution in [0.25, 0.3) is 0 Å². The molecular weight excluding hydrogens is 200 g/mol. The highest BCUT2D eigenvalue weighted by molar-refractivity contribution is 4.88. The molecule has 0 saturated carbocycles. The lowest BCUT2D eigenvalue weighted by Crippen LogP contribution is -2.41. The van der Waals surface area contributed by atoms with Crippen LogP contribution in [0.4, 0.5) is 0 Å². The van der Waals surface area contributed by atoms with Gasteiger partial charge in [0.05, 0.1) is 6.54 Å². The van der Waals surface area contributed by atoms with Crippen LogP contribution in [0, 0.1) is 5.41 Å². The summed E-state index contributed by atoms with van der Waals surface area (Å²) in [6.45, 7) is 6.76. The van der Waals surface area contributed by atoms with Crippen LogP contribution >= 0.6 is 0 Å². The number of imidazole rings is 1. The number of rotatable bonds is 4. The summed E-state index contributed by atoms with van der Waals surface area (Å²) in [4.78, 5) is 9.73. The molecule has 0 atom stereocenters. The minimum atomic E-state index is 0.457. The van der Waals surface area contributed by atoms with E-state index in [-0.39, 0.29) is 0 Å². The van der Waals surface area contributed by atoms with Gasteiger partial charge in [-0.1, -0.05) is 6.92 Å². The van der Waals surface area contributed by atoms with Crippen molar-refractivity contribution in [2.45, 2.75) is 26.3 Å². The topological polar surface area (TPSA) is 44.0 Å². The average Bonchev–Trinajstić information content (AvgIpc) is 2.76. The van der Waals surface area contributed by atoms with Crippen LogP contribution in [0.5, 0.6) is 0 Å². The first-order chi connectivity index (χ1) is 7.68. The predicted octanol–water partition coefficient (Wildman–Crippen LogP) is 1.23. The van der Waals surface area contributed by atoms with Gasteiger partial charge >= 0.3 is 0 Å². The lowest BCUT2D eigenvalue weighted by Gasteiger charge is -2.38. The second kappa shape index (κ2) is 4.97. The van der Waals surface area contributed by atoms with E-state index in [4.69, 9.17) is 0 Å². The number of nitrogens with one attached hydrogen (secondary N) is 2. The fraction of sp³-hybridized carbons (Fsp3) is 0.750. The molecule has 0 radical (unpaired) electrons. The maximum atomic E-state index is 4.21. The molecule has 4 heteroatoms. The molecule has 1 aromatic heterocycles. The third-order valence-corrected chi connectivity index (χ3v) is 3.59. The lowest BCUT2D eigenvalue weighted by atomic mass is 9.80. The standard InChI is InChI=1S/C12H22N4/c1-12(3-7-16(2)8-4-12)10-13-9-11-14-5-6-15-11/h5-6,13H,3-4,7-10H2,1-2H3,(H,14,15). The summed E-state index contributed by atoms with van der Waals surface area (Å²) in [7, 11) is 2.20. The van der Waals surface area contributed by atoms with Gasteiger partial charge in [0.25, 0.3) is 0 Å². The van der Waals surface area contributed by atoms with E-state index in [2.05, 4.69) is 34.2 Å². The highest BCUT2D eigenvalue weighted by Crippen LogP contribution is 2.29. The first-order valence-electron chi connectivity index (χ1n) is 6.05. The molecule has 1 aliphatic rings. The predicted molar refractivity (Wildman–Crippen MR) is 65.1 cm³/mol. The van der Waals surface area contributed by atoms with Crippen LogP contribution in [-0.4, -0.2) is 41.5 Å². The molecular formula is C12H22N4. The minimum absolute atomic E-state index is 0.457. The molecule has 2 heterocycles. The van der Waals surface area contributed by atoms with E-state index in [1.54, 1.807) is 6.20 Å². The Morgan fingerprint density at radius 2 is 2.25 bits per heavy atom. The zero-order valence-corrected chi connectivity index (χ0v) is 10.3. The van der Waals surface area contributed by atoms with Gasteiger partial charge < -0.3 is 15.2 Å². The number of hydrogen-bond acceptors (Lipinski definition) is 3. The van der Waals surface area contributed by atoms with Gasteiger partial charge in [0.15, 0.2) is 0 Å². The molecule has 0 aromatic carbocycles. The summed E-state index contributed by atoms with van der Waals surface area (Å²) in [6.07, 6.45) is 6.24. The van der Waals surface area contributed by atoms with E-state index >= 15 is 0 Å². The molecule has 2 rings (SSSR count). The number of hydrogen-bond donors (Lipinski definition) is 2. The maximum Gasteiger partial charge on any atom is 0.120 e. The Bertz CT molecular complexity index is 299. The molecule has 0 bridgehead atoms. The average molecular weight is 222 g/mol. The molecule has 2 N–H and O–H groups in total. The second-order valence-corrected chi connectivity index (χ2v) is 5.25. The van der Waals surface area contributed by atoms with Crippen molar-refractivity contribution < 1.29 is 0 Å². The molecule has 1 saturated heterocycles. The maximum absolute atomic E-state index is 4.21. The van der Waals surface area contributed by atoms with E-state index in [0.29, 0.717) is 5.41 Å². The molecule has 0 unspecified atom stereocenters. The van der Waals surface area contributed by atoms with E-state index in [0.717, 1.165) is 18.9 Å². The van der Waals surface area contributed by atoms with E-state index < -0.39 is 0 Å². The minimum Gasteiger partial charge on any atom is -0.348 e. The van der Waals surface area contributed by atoms with Crippen molar-refractivity contribution >= 4 is 0 Å². The number of piperidine rings is 1. The molecule has 4 nitrogen and oxygen atoms in total. The molecule has 1 aliphatic heterocycles. The first kappa shape index (κ1) is 11.6. The van der Waals surface area contributed by atoms with Crippen LogP contribution in [0.3, 0.4) is 0 Å². The summed E-state index contributed by atoms with van der Waals surface area (Å²) in [5.74, 6) is 1.02. The Hall–Kier alpha value is -0.870. The summed E-state index contributed by atoms with van der Waals surface area (Å²) in [6, 6.07) is 0. The molecule has 0 spiro atoms. The normalized spacial score (nSPS) is 21.1. The molecule has 90 valence electrons. The van der Waals surface area contributed by atoms with Gasteiger partial charge in [-0.15, -0.1) is 0 Å². The highest BCUT2D eigenvalue weighted by Gasteiger charge is 2.28. The van der Waals surface area contributed by atoms with Crippen molar-refractivity contribution in [1.82, 2.24) is 20.2 Å². The quantitative estimate of drug-likeness (QED) is 0.805. The van der Waals surface area contributed by atoms with Gasteiger partial charge in [0, 0.05) is 18.9 Å². The van der Waals surface area contributed by atoms with E-state index in [9.17, 15) is 0 Å². The zero-order valence-electron chi connectivity index (χ0n) is 10.3. The van der Waals surface area contributed by atoms with Crippen molar-refractivity contribution in [2.75, 3.05) is 26.7 Å². The third kappa shape index (κ3) is 3.06. The Labute approximate surface area is 97.4 Å². The first-order valence-corrected chi connectivity index (χ1v) is 6.05. The van der Waals surface area contributed by atoms with Gasteiger partial charge in [0.2, 0.25) is 0 Å². The lowest BCUT2D eigenvalue weighted by molar-refractivity contribution is 0.136. The SMILES string of the molecule is CN1CCC(C)(CNCc2ncc[nH]2)CC1. The second-order valence-electron chi connectivity index (χ2n) is 5.25. The van der Waals surface area contributed by atoms with Crippen molar-refractivity contribution in [3.8, 4) is 0 Å². The highest BCUT2D eigenvalue weighted by atomic mass is 15.1. The van der Waals surface area contributed by atoms with Crippen LogP contribution in [0.1, 0.15) is 25.6 Å². The van der Waals surface area contributed by atoms with Crippen molar-refractivity contribution in [3.63, 3.8) is 0 Å². The van der Waals surface area contributed by atoms with Gasteiger partial charge in [0.1, 0.15) is 5.82 Å². The van der Waals surface area contributed by atoms with Gasteiger partial charge in [-0.3, -0.25) is 0 Å². The Balaban J connectivity index is 1.73. The number of aromatic amines is 1. The summed E-state index contributed by atoms with van der Waals surface area (Å²) in [5, 5.41) is 3.50. The molecule has 16 heavy (non-hydrogen) atoms. The largest absolute Gasteiger partial charge is 0.348 e. The molecule has 1 fully saturated rings. The van der Waals surface area contributed by atoms with E-state index in [1.807, 2.05) is 6.20 Å². The zero-order chi connectivity index (χ0) is 11.4. The summed E-state index contributed by atoms with van der Waals surface area (Å²) >= 11 is 0. The smallest absolute Gasteiger partial charge is 0.120 e. The third-order valence-electron chi connectivity index (χ3n) is 3.59. The Kier molecular flexibility index (Phi) is 3.61. The number of aromatic nitrogens is 2. The molecule has 0 amide bonds. The van der Waals surface area contributed by atoms with E-state index in [1.165, 1.54) is 25.9 Å². The summed E-state index contributed by atoms with van der Waals surface area (Å²) < 4.78 is 0. The Morgan fingerprint density at radius 3 is 2.88 bits per heavy atom. The van der Waals surface area contributed by atoms with Crippen LogP contribution < -0.4 is 5.32 Å². The fourth-order valence-electron chi connectivity index (χ4n) is 2.21. The van der Waals surface area contributed by atoms with Gasteiger partial charge in [-0.05, 0) is 38.4 Å². The van der Waals surface area contributed by atoms with Crippen molar-refractivity contribution in [3.05, 3.63) is 18.2 Å². The molecule has 0 aliphatic carbocycles. The number of likely N-dealkylation sites (tertiary alicyclic amines) is 1. The van der Waals surface area contributed by atoms with Crippen LogP contribution in [-0.2, 0) is 6.54 Å². The van der Waals surface area contributed by atoms with Crippen LogP contribution in [0.2, 0.25) is 0 Å².